The maximum atomic E-state index is 10.7. The molecule has 0 unspecified atom stereocenters. The number of likely N-dealkylation sites (tertiary alicyclic amines) is 1. The zero-order valence-electron chi connectivity index (χ0n) is 11.0. The Morgan fingerprint density at radius 3 is 3.00 bits per heavy atom. The number of β-amino-alcohol motifs (C(OH)–C–C–N with tert-alkyl or cyclic N) is 1. The minimum atomic E-state index is -0.855. The van der Waals surface area contributed by atoms with E-state index in [-0.39, 0.29) is 12.6 Å². The molecule has 2 atom stereocenters. The summed E-state index contributed by atoms with van der Waals surface area (Å²) in [5.41, 5.74) is 0. The molecule has 1 aliphatic rings. The van der Waals surface area contributed by atoms with Crippen LogP contribution in [0.4, 0.5) is 0 Å². The number of carbonyl (C=O) groups is 1. The molecular weight excluding hydrogens is 264 g/mol. The van der Waals surface area contributed by atoms with Crippen molar-refractivity contribution >= 4 is 17.3 Å². The van der Waals surface area contributed by atoms with Crippen molar-refractivity contribution in [2.75, 3.05) is 33.2 Å². The first-order valence-corrected chi connectivity index (χ1v) is 7.29. The van der Waals surface area contributed by atoms with E-state index in [1.165, 1.54) is 4.88 Å². The van der Waals surface area contributed by atoms with Crippen LogP contribution in [-0.2, 0) is 11.2 Å². The van der Waals surface area contributed by atoms with Gasteiger partial charge < -0.3 is 10.2 Å². The molecule has 106 valence electrons. The summed E-state index contributed by atoms with van der Waals surface area (Å²) in [5, 5.41) is 20.9. The summed E-state index contributed by atoms with van der Waals surface area (Å²) in [4.78, 5) is 16.0. The van der Waals surface area contributed by atoms with Gasteiger partial charge in [-0.2, -0.15) is 0 Å². The van der Waals surface area contributed by atoms with Crippen LogP contribution < -0.4 is 0 Å². The van der Waals surface area contributed by atoms with E-state index >= 15 is 0 Å². The Bertz CT molecular complexity index is 410. The Labute approximate surface area is 117 Å². The number of carboxylic acids is 1. The first-order chi connectivity index (χ1) is 9.06. The van der Waals surface area contributed by atoms with Gasteiger partial charge >= 0.3 is 5.97 Å². The van der Waals surface area contributed by atoms with Crippen molar-refractivity contribution in [3.05, 3.63) is 22.4 Å². The summed E-state index contributed by atoms with van der Waals surface area (Å²) in [6.45, 7) is 2.24. The molecule has 0 aliphatic carbocycles. The van der Waals surface area contributed by atoms with Crippen molar-refractivity contribution in [3.63, 3.8) is 0 Å². The van der Waals surface area contributed by atoms with Crippen molar-refractivity contribution in [1.29, 1.82) is 0 Å². The van der Waals surface area contributed by atoms with E-state index in [0.717, 1.165) is 19.5 Å². The molecule has 2 heterocycles. The topological polar surface area (TPSA) is 64.0 Å². The normalized spacial score (nSPS) is 24.2. The van der Waals surface area contributed by atoms with E-state index in [1.807, 2.05) is 6.07 Å². The van der Waals surface area contributed by atoms with E-state index in [1.54, 1.807) is 23.3 Å². The Hall–Kier alpha value is -0.950. The molecule has 19 heavy (non-hydrogen) atoms. The van der Waals surface area contributed by atoms with Gasteiger partial charge in [-0.05, 0) is 24.9 Å². The van der Waals surface area contributed by atoms with Crippen LogP contribution in [0.5, 0.6) is 0 Å². The number of carboxylic acid groups (broad SMARTS) is 1. The zero-order chi connectivity index (χ0) is 13.8. The van der Waals surface area contributed by atoms with E-state index in [2.05, 4.69) is 16.3 Å². The molecule has 1 aliphatic heterocycles. The van der Waals surface area contributed by atoms with Gasteiger partial charge in [0.05, 0.1) is 12.6 Å². The molecule has 0 bridgehead atoms. The number of rotatable bonds is 6. The second-order valence-corrected chi connectivity index (χ2v) is 6.06. The fourth-order valence-corrected chi connectivity index (χ4v) is 3.21. The summed E-state index contributed by atoms with van der Waals surface area (Å²) in [7, 11) is 1.75. The predicted molar refractivity (Wildman–Crippen MR) is 74.5 cm³/mol. The minimum Gasteiger partial charge on any atom is -0.480 e. The molecule has 1 aromatic rings. The largest absolute Gasteiger partial charge is 0.480 e. The molecule has 1 fully saturated rings. The first-order valence-electron chi connectivity index (χ1n) is 6.41. The molecule has 0 aromatic carbocycles. The van der Waals surface area contributed by atoms with E-state index in [9.17, 15) is 9.90 Å². The number of nitrogens with zero attached hydrogens (tertiary/aromatic N) is 2. The van der Waals surface area contributed by atoms with Gasteiger partial charge in [0.15, 0.2) is 0 Å². The highest BCUT2D eigenvalue weighted by Gasteiger charge is 2.34. The van der Waals surface area contributed by atoms with Crippen LogP contribution in [0.15, 0.2) is 17.5 Å². The summed E-state index contributed by atoms with van der Waals surface area (Å²) in [6.07, 6.45) is 0.521. The lowest BCUT2D eigenvalue weighted by Crippen LogP contribution is -2.43. The SMILES string of the molecule is CN(CC(=O)O)[C@@H]1CN(CCc2cccs2)C[C@H]1O. The lowest BCUT2D eigenvalue weighted by atomic mass is 10.2. The fraction of sp³-hybridized carbons (Fsp3) is 0.615. The van der Waals surface area contributed by atoms with Crippen LogP contribution in [-0.4, -0.2) is 71.4 Å². The molecule has 2 rings (SSSR count). The summed E-state index contributed by atoms with van der Waals surface area (Å²) in [5.74, 6) is -0.855. The number of hydrogen-bond acceptors (Lipinski definition) is 5. The lowest BCUT2D eigenvalue weighted by Gasteiger charge is -2.24. The molecular formula is C13H20N2O3S. The fourth-order valence-electron chi connectivity index (χ4n) is 2.52. The third-order valence-electron chi connectivity index (χ3n) is 3.54. The first kappa shape index (κ1) is 14.5. The van der Waals surface area contributed by atoms with Crippen molar-refractivity contribution < 1.29 is 15.0 Å². The van der Waals surface area contributed by atoms with Gasteiger partial charge in [0.1, 0.15) is 0 Å². The van der Waals surface area contributed by atoms with E-state index in [4.69, 9.17) is 5.11 Å². The van der Waals surface area contributed by atoms with E-state index < -0.39 is 12.1 Å². The number of likely N-dealkylation sites (N-methyl/N-ethyl adjacent to an activating group) is 1. The third-order valence-corrected chi connectivity index (χ3v) is 4.48. The van der Waals surface area contributed by atoms with Crippen molar-refractivity contribution in [2.45, 2.75) is 18.6 Å². The summed E-state index contributed by atoms with van der Waals surface area (Å²) < 4.78 is 0. The van der Waals surface area contributed by atoms with Crippen LogP contribution in [0.1, 0.15) is 4.88 Å². The number of aliphatic hydroxyl groups is 1. The maximum absolute atomic E-state index is 10.7. The van der Waals surface area contributed by atoms with Gasteiger partial charge in [0.25, 0.3) is 0 Å². The molecule has 5 nitrogen and oxygen atoms in total. The van der Waals surface area contributed by atoms with Gasteiger partial charge in [0, 0.05) is 30.6 Å². The van der Waals surface area contributed by atoms with Crippen LogP contribution in [0, 0.1) is 0 Å². The monoisotopic (exact) mass is 284 g/mol. The van der Waals surface area contributed by atoms with Crippen LogP contribution in [0.2, 0.25) is 0 Å². The second kappa shape index (κ2) is 6.47. The second-order valence-electron chi connectivity index (χ2n) is 5.03. The van der Waals surface area contributed by atoms with E-state index in [0.29, 0.717) is 6.54 Å². The number of thiophene rings is 1. The number of hydrogen-bond donors (Lipinski definition) is 2. The Morgan fingerprint density at radius 2 is 2.37 bits per heavy atom. The summed E-state index contributed by atoms with van der Waals surface area (Å²) >= 11 is 1.75. The molecule has 1 saturated heterocycles. The highest BCUT2D eigenvalue weighted by molar-refractivity contribution is 7.09. The zero-order valence-corrected chi connectivity index (χ0v) is 11.8. The van der Waals surface area contributed by atoms with Crippen LogP contribution in [0.25, 0.3) is 0 Å². The Balaban J connectivity index is 1.81. The Morgan fingerprint density at radius 1 is 1.58 bits per heavy atom. The molecule has 0 amide bonds. The molecule has 6 heteroatoms. The van der Waals surface area contributed by atoms with Crippen molar-refractivity contribution in [1.82, 2.24) is 9.80 Å². The minimum absolute atomic E-state index is 0.0273. The lowest BCUT2D eigenvalue weighted by molar-refractivity contribution is -0.138. The van der Waals surface area contributed by atoms with Crippen LogP contribution >= 0.6 is 11.3 Å². The van der Waals surface area contributed by atoms with Crippen molar-refractivity contribution in [3.8, 4) is 0 Å². The van der Waals surface area contributed by atoms with Gasteiger partial charge in [-0.25, -0.2) is 0 Å². The molecule has 0 saturated carbocycles. The quantitative estimate of drug-likeness (QED) is 0.789. The molecule has 1 aromatic heterocycles. The molecule has 0 spiro atoms. The standard InChI is InChI=1S/C13H20N2O3S/c1-14(9-13(17)18)11-7-15(8-12(11)16)5-4-10-3-2-6-19-10/h2-3,6,11-12,16H,4-5,7-9H2,1H3,(H,17,18)/t11-,12-/m1/s1. The summed E-state index contributed by atoms with van der Waals surface area (Å²) in [6, 6.07) is 4.08. The Kier molecular flexibility index (Phi) is 4.93. The third kappa shape index (κ3) is 4.01. The van der Waals surface area contributed by atoms with Gasteiger partial charge in [-0.3, -0.25) is 14.6 Å². The predicted octanol–water partition coefficient (Wildman–Crippen LogP) is 0.352. The smallest absolute Gasteiger partial charge is 0.317 e. The van der Waals surface area contributed by atoms with Gasteiger partial charge in [-0.1, -0.05) is 6.07 Å². The number of aliphatic hydroxyl groups excluding tert-OH is 1. The van der Waals surface area contributed by atoms with Crippen molar-refractivity contribution in [2.24, 2.45) is 0 Å². The van der Waals surface area contributed by atoms with Gasteiger partial charge in [0.2, 0.25) is 0 Å². The molecule has 0 radical (unpaired) electrons. The molecule has 2 N–H and O–H groups in total. The highest BCUT2D eigenvalue weighted by atomic mass is 32.1. The average molecular weight is 284 g/mol. The average Bonchev–Trinajstić information content (AvgIpc) is 2.94. The highest BCUT2D eigenvalue weighted by Crippen LogP contribution is 2.17. The van der Waals surface area contributed by atoms with Gasteiger partial charge in [-0.15, -0.1) is 11.3 Å². The maximum Gasteiger partial charge on any atom is 0.317 e. The number of aliphatic carboxylic acids is 1. The van der Waals surface area contributed by atoms with Crippen LogP contribution in [0.3, 0.4) is 0 Å².